The topological polar surface area (TPSA) is 71.3 Å². The Kier molecular flexibility index (Phi) is 7.67. The van der Waals surface area contributed by atoms with Gasteiger partial charge in [-0.1, -0.05) is 62.4 Å². The average molecular weight is 519 g/mol. The SMILES string of the molecule is CC(C)c1c(C(=O)NCc2ccc(F)c(F)c2)c2ccc(CC(C)(C)C(=O)O)cc2n1Cc1ccccc1. The van der Waals surface area contributed by atoms with Crippen LogP contribution in [0.3, 0.4) is 0 Å². The largest absolute Gasteiger partial charge is 0.481 e. The van der Waals surface area contributed by atoms with E-state index >= 15 is 0 Å². The van der Waals surface area contributed by atoms with Crippen molar-refractivity contribution in [3.05, 3.63) is 106 Å². The minimum absolute atomic E-state index is 0.00552. The van der Waals surface area contributed by atoms with Crippen molar-refractivity contribution in [2.24, 2.45) is 5.41 Å². The quantitative estimate of drug-likeness (QED) is 0.260. The number of carbonyl (C=O) groups excluding carboxylic acids is 1. The molecule has 0 fully saturated rings. The molecule has 0 atom stereocenters. The van der Waals surface area contributed by atoms with Crippen LogP contribution in [0.15, 0.2) is 66.7 Å². The molecular weight excluding hydrogens is 486 g/mol. The minimum atomic E-state index is -0.962. The Bertz CT molecular complexity index is 1490. The molecule has 0 spiro atoms. The Morgan fingerprint density at radius 3 is 2.24 bits per heavy atom. The molecule has 7 heteroatoms. The zero-order valence-electron chi connectivity index (χ0n) is 22.0. The Balaban J connectivity index is 1.81. The second-order valence-electron chi connectivity index (χ2n) is 10.6. The third-order valence-electron chi connectivity index (χ3n) is 6.79. The van der Waals surface area contributed by atoms with E-state index in [0.29, 0.717) is 24.1 Å². The molecule has 38 heavy (non-hydrogen) atoms. The number of halogens is 2. The highest BCUT2D eigenvalue weighted by Gasteiger charge is 2.29. The van der Waals surface area contributed by atoms with Gasteiger partial charge in [-0.3, -0.25) is 9.59 Å². The molecule has 4 aromatic rings. The fourth-order valence-corrected chi connectivity index (χ4v) is 4.81. The predicted octanol–water partition coefficient (Wildman–Crippen LogP) is 6.67. The zero-order chi connectivity index (χ0) is 27.6. The fraction of sp³-hybridized carbons (Fsp3) is 0.290. The van der Waals surface area contributed by atoms with Crippen molar-refractivity contribution in [2.75, 3.05) is 0 Å². The first kappa shape index (κ1) is 27.0. The van der Waals surface area contributed by atoms with Gasteiger partial charge in [0.25, 0.3) is 5.91 Å². The van der Waals surface area contributed by atoms with Crippen LogP contribution in [0.5, 0.6) is 0 Å². The molecule has 0 radical (unpaired) electrons. The number of hydrogen-bond donors (Lipinski definition) is 2. The number of fused-ring (bicyclic) bond motifs is 1. The summed E-state index contributed by atoms with van der Waals surface area (Å²) < 4.78 is 29.2. The summed E-state index contributed by atoms with van der Waals surface area (Å²) in [5.41, 5.74) is 3.65. The van der Waals surface area contributed by atoms with Crippen molar-refractivity contribution in [1.29, 1.82) is 0 Å². The molecule has 3 aromatic carbocycles. The van der Waals surface area contributed by atoms with Gasteiger partial charge in [0.15, 0.2) is 11.6 Å². The third-order valence-corrected chi connectivity index (χ3v) is 6.79. The molecule has 0 bridgehead atoms. The number of carboxylic acids is 1. The van der Waals surface area contributed by atoms with E-state index in [2.05, 4.69) is 9.88 Å². The van der Waals surface area contributed by atoms with Crippen LogP contribution in [0.2, 0.25) is 0 Å². The van der Waals surface area contributed by atoms with E-state index in [1.54, 1.807) is 13.8 Å². The van der Waals surface area contributed by atoms with E-state index in [-0.39, 0.29) is 18.4 Å². The Labute approximate surface area is 221 Å². The number of nitrogens with zero attached hydrogens (tertiary/aromatic N) is 1. The Morgan fingerprint density at radius 2 is 1.61 bits per heavy atom. The molecule has 0 aliphatic carbocycles. The lowest BCUT2D eigenvalue weighted by Gasteiger charge is -2.19. The summed E-state index contributed by atoms with van der Waals surface area (Å²) in [5, 5.41) is 13.3. The third kappa shape index (κ3) is 5.62. The maximum absolute atomic E-state index is 13.7. The van der Waals surface area contributed by atoms with E-state index in [4.69, 9.17) is 0 Å². The van der Waals surface area contributed by atoms with Crippen LogP contribution in [0, 0.1) is 17.0 Å². The summed E-state index contributed by atoms with van der Waals surface area (Å²) in [6.45, 7) is 8.02. The summed E-state index contributed by atoms with van der Waals surface area (Å²) >= 11 is 0. The van der Waals surface area contributed by atoms with E-state index in [1.165, 1.54) is 6.07 Å². The van der Waals surface area contributed by atoms with Crippen LogP contribution < -0.4 is 5.32 Å². The van der Waals surface area contributed by atoms with Crippen LogP contribution in [-0.2, 0) is 24.3 Å². The molecule has 0 unspecified atom stereocenters. The van der Waals surface area contributed by atoms with Gasteiger partial charge in [0.2, 0.25) is 0 Å². The van der Waals surface area contributed by atoms with E-state index in [9.17, 15) is 23.5 Å². The van der Waals surface area contributed by atoms with Gasteiger partial charge in [-0.05, 0) is 61.1 Å². The van der Waals surface area contributed by atoms with Crippen LogP contribution in [0.1, 0.15) is 66.4 Å². The lowest BCUT2D eigenvalue weighted by molar-refractivity contribution is -0.146. The van der Waals surface area contributed by atoms with Gasteiger partial charge in [-0.25, -0.2) is 8.78 Å². The first-order valence-electron chi connectivity index (χ1n) is 12.6. The normalized spacial score (nSPS) is 11.8. The number of aliphatic carboxylic acids is 1. The van der Waals surface area contributed by atoms with Crippen molar-refractivity contribution in [2.45, 2.75) is 53.1 Å². The monoisotopic (exact) mass is 518 g/mol. The van der Waals surface area contributed by atoms with Gasteiger partial charge < -0.3 is 15.0 Å². The van der Waals surface area contributed by atoms with E-state index < -0.39 is 23.0 Å². The molecule has 5 nitrogen and oxygen atoms in total. The predicted molar refractivity (Wildman–Crippen MR) is 144 cm³/mol. The molecule has 1 amide bonds. The molecule has 0 aliphatic heterocycles. The van der Waals surface area contributed by atoms with E-state index in [0.717, 1.165) is 39.9 Å². The van der Waals surface area contributed by atoms with Gasteiger partial charge in [-0.15, -0.1) is 0 Å². The number of benzene rings is 3. The number of aromatic nitrogens is 1. The van der Waals surface area contributed by atoms with Gasteiger partial charge in [0.05, 0.1) is 11.0 Å². The molecular formula is C31H32F2N2O3. The van der Waals surface area contributed by atoms with Gasteiger partial charge in [0.1, 0.15) is 0 Å². The number of amides is 1. The molecule has 0 aliphatic rings. The summed E-state index contributed by atoms with van der Waals surface area (Å²) in [4.78, 5) is 25.4. The second-order valence-corrected chi connectivity index (χ2v) is 10.6. The van der Waals surface area contributed by atoms with Crippen LogP contribution >= 0.6 is 0 Å². The average Bonchev–Trinajstić information content (AvgIpc) is 3.18. The highest BCUT2D eigenvalue weighted by atomic mass is 19.2. The lowest BCUT2D eigenvalue weighted by atomic mass is 9.85. The second kappa shape index (κ2) is 10.8. The summed E-state index contributed by atoms with van der Waals surface area (Å²) in [6, 6.07) is 19.2. The van der Waals surface area contributed by atoms with Crippen LogP contribution in [0.25, 0.3) is 10.9 Å². The zero-order valence-corrected chi connectivity index (χ0v) is 22.0. The van der Waals surface area contributed by atoms with Gasteiger partial charge >= 0.3 is 5.97 Å². The first-order chi connectivity index (χ1) is 18.0. The van der Waals surface area contributed by atoms with E-state index in [1.807, 2.05) is 62.4 Å². The minimum Gasteiger partial charge on any atom is -0.481 e. The molecule has 1 aromatic heterocycles. The number of rotatable bonds is 9. The van der Waals surface area contributed by atoms with Crippen molar-refractivity contribution >= 4 is 22.8 Å². The number of hydrogen-bond acceptors (Lipinski definition) is 2. The smallest absolute Gasteiger partial charge is 0.309 e. The molecule has 1 heterocycles. The number of nitrogens with one attached hydrogen (secondary N) is 1. The highest BCUT2D eigenvalue weighted by Crippen LogP contribution is 2.34. The lowest BCUT2D eigenvalue weighted by Crippen LogP contribution is -2.26. The molecule has 2 N–H and O–H groups in total. The Hall–Kier alpha value is -4.00. The summed E-state index contributed by atoms with van der Waals surface area (Å²) in [5.74, 6) is -3.09. The molecule has 0 saturated carbocycles. The van der Waals surface area contributed by atoms with Crippen molar-refractivity contribution < 1.29 is 23.5 Å². The first-order valence-corrected chi connectivity index (χ1v) is 12.6. The molecule has 0 saturated heterocycles. The fourth-order valence-electron chi connectivity index (χ4n) is 4.81. The maximum atomic E-state index is 13.7. The summed E-state index contributed by atoms with van der Waals surface area (Å²) in [7, 11) is 0. The van der Waals surface area contributed by atoms with Crippen molar-refractivity contribution in [3.63, 3.8) is 0 Å². The number of carbonyl (C=O) groups is 2. The molecule has 198 valence electrons. The maximum Gasteiger partial charge on any atom is 0.309 e. The molecule has 4 rings (SSSR count). The van der Waals surface area contributed by atoms with Gasteiger partial charge in [-0.2, -0.15) is 0 Å². The van der Waals surface area contributed by atoms with Crippen LogP contribution in [-0.4, -0.2) is 21.6 Å². The van der Waals surface area contributed by atoms with Crippen molar-refractivity contribution in [1.82, 2.24) is 9.88 Å². The number of carboxylic acid groups (broad SMARTS) is 1. The van der Waals surface area contributed by atoms with Gasteiger partial charge in [0, 0.05) is 29.7 Å². The van der Waals surface area contributed by atoms with Crippen molar-refractivity contribution in [3.8, 4) is 0 Å². The Morgan fingerprint density at radius 1 is 0.921 bits per heavy atom. The van der Waals surface area contributed by atoms with Crippen LogP contribution in [0.4, 0.5) is 8.78 Å². The summed E-state index contributed by atoms with van der Waals surface area (Å²) in [6.07, 6.45) is 0.337. The standard InChI is InChI=1S/C31H32F2N2O3/c1-19(2)28-27(29(36)34-17-22-11-13-24(32)25(33)14-22)23-12-10-21(16-31(3,4)30(37)38)15-26(23)35(28)18-20-8-6-5-7-9-20/h5-15,19H,16-18H2,1-4H3,(H,34,36)(H,37,38). The highest BCUT2D eigenvalue weighted by molar-refractivity contribution is 6.09.